The fraction of sp³-hybridized carbons (Fsp3) is 0.300. The van der Waals surface area contributed by atoms with Gasteiger partial charge >= 0.3 is 0 Å². The lowest BCUT2D eigenvalue weighted by Crippen LogP contribution is -2.14. The highest BCUT2D eigenvalue weighted by Crippen LogP contribution is 2.17. The second-order valence-corrected chi connectivity index (χ2v) is 2.54. The minimum Gasteiger partial charge on any atom is -0.493 e. The molecule has 2 N–H and O–H groups in total. The van der Waals surface area contributed by atoms with E-state index in [0.717, 1.165) is 11.3 Å². The molecule has 13 heavy (non-hydrogen) atoms. The van der Waals surface area contributed by atoms with Crippen molar-refractivity contribution >= 4 is 5.84 Å². The van der Waals surface area contributed by atoms with Gasteiger partial charge < -0.3 is 10.5 Å². The molecule has 0 amide bonds. The van der Waals surface area contributed by atoms with Crippen LogP contribution in [0.3, 0.4) is 0 Å². The Kier molecular flexibility index (Phi) is 3.31. The van der Waals surface area contributed by atoms with Crippen LogP contribution < -0.4 is 10.5 Å². The van der Waals surface area contributed by atoms with Gasteiger partial charge in [0, 0.05) is 7.05 Å². The molecule has 1 aromatic rings. The number of amidine groups is 1. The number of hydrogen-bond acceptors (Lipinski definition) is 2. The zero-order valence-electron chi connectivity index (χ0n) is 7.95. The van der Waals surface area contributed by atoms with Crippen LogP contribution in [0.5, 0.6) is 5.75 Å². The van der Waals surface area contributed by atoms with E-state index in [1.54, 1.807) is 7.05 Å². The molecule has 70 valence electrons. The molecule has 0 aliphatic carbocycles. The molecule has 3 heteroatoms. The van der Waals surface area contributed by atoms with Gasteiger partial charge in [0.05, 0.1) is 12.2 Å². The molecule has 0 aliphatic heterocycles. The fourth-order valence-electron chi connectivity index (χ4n) is 1.08. The SMILES string of the molecule is CCOc1ccccc1C(N)=NC. The predicted molar refractivity (Wildman–Crippen MR) is 54.3 cm³/mol. The first-order valence-corrected chi connectivity index (χ1v) is 4.24. The van der Waals surface area contributed by atoms with Crippen molar-refractivity contribution in [3.05, 3.63) is 29.8 Å². The van der Waals surface area contributed by atoms with E-state index >= 15 is 0 Å². The predicted octanol–water partition coefficient (Wildman–Crippen LogP) is 1.42. The number of rotatable bonds is 3. The highest BCUT2D eigenvalue weighted by Gasteiger charge is 2.04. The quantitative estimate of drug-likeness (QED) is 0.562. The van der Waals surface area contributed by atoms with Gasteiger partial charge in [-0.3, -0.25) is 4.99 Å². The van der Waals surface area contributed by atoms with Crippen molar-refractivity contribution < 1.29 is 4.74 Å². The molecule has 0 aromatic heterocycles. The molecule has 0 heterocycles. The van der Waals surface area contributed by atoms with Crippen molar-refractivity contribution in [3.8, 4) is 5.75 Å². The maximum atomic E-state index is 5.70. The number of aliphatic imine (C=N–C) groups is 1. The molecule has 0 aliphatic rings. The summed E-state index contributed by atoms with van der Waals surface area (Å²) >= 11 is 0. The van der Waals surface area contributed by atoms with Crippen LogP contribution in [0.4, 0.5) is 0 Å². The van der Waals surface area contributed by atoms with Crippen LogP contribution in [0, 0.1) is 0 Å². The normalized spacial score (nSPS) is 11.4. The summed E-state index contributed by atoms with van der Waals surface area (Å²) in [7, 11) is 1.66. The first-order valence-electron chi connectivity index (χ1n) is 4.24. The summed E-state index contributed by atoms with van der Waals surface area (Å²) in [6.07, 6.45) is 0. The Bertz CT molecular complexity index is 308. The average molecular weight is 178 g/mol. The van der Waals surface area contributed by atoms with Gasteiger partial charge in [-0.1, -0.05) is 12.1 Å². The maximum absolute atomic E-state index is 5.70. The van der Waals surface area contributed by atoms with Crippen LogP contribution >= 0.6 is 0 Å². The number of nitrogens with two attached hydrogens (primary N) is 1. The minimum atomic E-state index is 0.504. The van der Waals surface area contributed by atoms with Gasteiger partial charge in [0.15, 0.2) is 0 Å². The van der Waals surface area contributed by atoms with Crippen molar-refractivity contribution in [1.29, 1.82) is 0 Å². The van der Waals surface area contributed by atoms with Gasteiger partial charge in [-0.2, -0.15) is 0 Å². The van der Waals surface area contributed by atoms with E-state index in [1.807, 2.05) is 31.2 Å². The summed E-state index contributed by atoms with van der Waals surface area (Å²) in [4.78, 5) is 3.92. The van der Waals surface area contributed by atoms with E-state index in [2.05, 4.69) is 4.99 Å². The molecule has 0 radical (unpaired) electrons. The fourth-order valence-corrected chi connectivity index (χ4v) is 1.08. The summed E-state index contributed by atoms with van der Waals surface area (Å²) in [6.45, 7) is 2.57. The molecule has 0 unspecified atom stereocenters. The van der Waals surface area contributed by atoms with Gasteiger partial charge in [-0.25, -0.2) is 0 Å². The molecular weight excluding hydrogens is 164 g/mol. The summed E-state index contributed by atoms with van der Waals surface area (Å²) in [6, 6.07) is 7.61. The third-order valence-electron chi connectivity index (χ3n) is 1.70. The van der Waals surface area contributed by atoms with E-state index < -0.39 is 0 Å². The standard InChI is InChI=1S/C10H14N2O/c1-3-13-9-7-5-4-6-8(9)10(11)12-2/h4-7H,3H2,1-2H3,(H2,11,12). The second kappa shape index (κ2) is 4.50. The van der Waals surface area contributed by atoms with Crippen LogP contribution in [0.1, 0.15) is 12.5 Å². The van der Waals surface area contributed by atoms with Crippen LogP contribution in [0.25, 0.3) is 0 Å². The number of nitrogens with zero attached hydrogens (tertiary/aromatic N) is 1. The maximum Gasteiger partial charge on any atom is 0.130 e. The summed E-state index contributed by atoms with van der Waals surface area (Å²) in [5.74, 6) is 1.29. The summed E-state index contributed by atoms with van der Waals surface area (Å²) < 4.78 is 5.40. The highest BCUT2D eigenvalue weighted by atomic mass is 16.5. The van der Waals surface area contributed by atoms with E-state index in [0.29, 0.717) is 12.4 Å². The Labute approximate surface area is 78.2 Å². The van der Waals surface area contributed by atoms with Gasteiger partial charge in [0.2, 0.25) is 0 Å². The smallest absolute Gasteiger partial charge is 0.130 e. The zero-order chi connectivity index (χ0) is 9.68. The highest BCUT2D eigenvalue weighted by molar-refractivity contribution is 5.99. The number of para-hydroxylation sites is 1. The van der Waals surface area contributed by atoms with E-state index in [4.69, 9.17) is 10.5 Å². The number of benzene rings is 1. The lowest BCUT2D eigenvalue weighted by Gasteiger charge is -2.08. The molecule has 1 aromatic carbocycles. The molecule has 0 spiro atoms. The Morgan fingerprint density at radius 2 is 2.15 bits per heavy atom. The van der Waals surface area contributed by atoms with Gasteiger partial charge in [-0.05, 0) is 19.1 Å². The molecule has 0 atom stereocenters. The largest absolute Gasteiger partial charge is 0.493 e. The van der Waals surface area contributed by atoms with Crippen LogP contribution in [-0.2, 0) is 0 Å². The van der Waals surface area contributed by atoms with Gasteiger partial charge in [-0.15, -0.1) is 0 Å². The monoisotopic (exact) mass is 178 g/mol. The van der Waals surface area contributed by atoms with E-state index in [1.165, 1.54) is 0 Å². The third kappa shape index (κ3) is 2.21. The van der Waals surface area contributed by atoms with Crippen molar-refractivity contribution in [2.75, 3.05) is 13.7 Å². The Morgan fingerprint density at radius 3 is 2.77 bits per heavy atom. The molecule has 0 bridgehead atoms. The lowest BCUT2D eigenvalue weighted by atomic mass is 10.2. The number of ether oxygens (including phenoxy) is 1. The van der Waals surface area contributed by atoms with E-state index in [-0.39, 0.29) is 0 Å². The molecule has 3 nitrogen and oxygen atoms in total. The topological polar surface area (TPSA) is 47.6 Å². The Hall–Kier alpha value is -1.51. The third-order valence-corrected chi connectivity index (χ3v) is 1.70. The average Bonchev–Trinajstić information content (AvgIpc) is 2.18. The Morgan fingerprint density at radius 1 is 1.46 bits per heavy atom. The van der Waals surface area contributed by atoms with E-state index in [9.17, 15) is 0 Å². The van der Waals surface area contributed by atoms with Gasteiger partial charge in [0.1, 0.15) is 11.6 Å². The molecule has 0 saturated carbocycles. The van der Waals surface area contributed by atoms with Crippen molar-refractivity contribution in [2.45, 2.75) is 6.92 Å². The summed E-state index contributed by atoms with van der Waals surface area (Å²) in [5.41, 5.74) is 6.55. The van der Waals surface area contributed by atoms with Crippen LogP contribution in [0.15, 0.2) is 29.3 Å². The second-order valence-electron chi connectivity index (χ2n) is 2.54. The minimum absolute atomic E-state index is 0.504. The lowest BCUT2D eigenvalue weighted by molar-refractivity contribution is 0.339. The van der Waals surface area contributed by atoms with Crippen molar-refractivity contribution in [1.82, 2.24) is 0 Å². The number of hydrogen-bond donors (Lipinski definition) is 1. The van der Waals surface area contributed by atoms with Crippen molar-refractivity contribution in [3.63, 3.8) is 0 Å². The molecular formula is C10H14N2O. The molecule has 0 fully saturated rings. The first-order chi connectivity index (χ1) is 6.29. The first kappa shape index (κ1) is 9.58. The molecule has 0 saturated heterocycles. The van der Waals surface area contributed by atoms with Crippen molar-refractivity contribution in [2.24, 2.45) is 10.7 Å². The van der Waals surface area contributed by atoms with Crippen LogP contribution in [-0.4, -0.2) is 19.5 Å². The summed E-state index contributed by atoms with van der Waals surface area (Å²) in [5, 5.41) is 0. The van der Waals surface area contributed by atoms with Gasteiger partial charge in [0.25, 0.3) is 0 Å². The van der Waals surface area contributed by atoms with Crippen LogP contribution in [0.2, 0.25) is 0 Å². The zero-order valence-corrected chi connectivity index (χ0v) is 7.95. The Balaban J connectivity index is 3.04. The molecule has 1 rings (SSSR count).